The Labute approximate surface area is 112 Å². The Morgan fingerprint density at radius 3 is 2.83 bits per heavy atom. The van der Waals surface area contributed by atoms with Crippen LogP contribution in [-0.4, -0.2) is 15.8 Å². The van der Waals surface area contributed by atoms with Crippen molar-refractivity contribution in [2.45, 2.75) is 25.4 Å². The summed E-state index contributed by atoms with van der Waals surface area (Å²) >= 11 is 6.33. The molecule has 18 heavy (non-hydrogen) atoms. The van der Waals surface area contributed by atoms with Gasteiger partial charge in [0, 0.05) is 36.4 Å². The van der Waals surface area contributed by atoms with Gasteiger partial charge in [-0.3, -0.25) is 4.68 Å². The number of aromatic nitrogens is 2. The average molecular weight is 262 g/mol. The van der Waals surface area contributed by atoms with E-state index in [2.05, 4.69) is 22.5 Å². The first-order valence-electron chi connectivity index (χ1n) is 6.24. The Kier molecular flexibility index (Phi) is 3.10. The molecule has 1 aliphatic rings. The van der Waals surface area contributed by atoms with Gasteiger partial charge >= 0.3 is 0 Å². The van der Waals surface area contributed by atoms with Gasteiger partial charge in [-0.15, -0.1) is 0 Å². The van der Waals surface area contributed by atoms with E-state index in [1.165, 1.54) is 12.8 Å². The van der Waals surface area contributed by atoms with E-state index in [-0.39, 0.29) is 0 Å². The van der Waals surface area contributed by atoms with Crippen molar-refractivity contribution in [3.05, 3.63) is 41.0 Å². The molecule has 3 rings (SSSR count). The third-order valence-corrected chi connectivity index (χ3v) is 3.68. The molecule has 0 radical (unpaired) electrons. The van der Waals surface area contributed by atoms with Gasteiger partial charge in [-0.05, 0) is 30.5 Å². The molecule has 1 aromatic carbocycles. The second-order valence-electron chi connectivity index (χ2n) is 4.80. The molecule has 1 saturated carbocycles. The molecule has 1 aliphatic carbocycles. The Bertz CT molecular complexity index is 558. The van der Waals surface area contributed by atoms with Crippen molar-refractivity contribution in [3.8, 4) is 11.3 Å². The van der Waals surface area contributed by atoms with Gasteiger partial charge in [-0.2, -0.15) is 5.10 Å². The number of hydrogen-bond donors (Lipinski definition) is 1. The van der Waals surface area contributed by atoms with Crippen molar-refractivity contribution in [2.24, 2.45) is 7.05 Å². The van der Waals surface area contributed by atoms with Crippen LogP contribution in [0.5, 0.6) is 0 Å². The van der Waals surface area contributed by atoms with Gasteiger partial charge < -0.3 is 5.32 Å². The number of nitrogens with zero attached hydrogens (tertiary/aromatic N) is 2. The molecule has 0 atom stereocenters. The molecule has 1 aromatic heterocycles. The van der Waals surface area contributed by atoms with Crippen LogP contribution in [0.2, 0.25) is 5.02 Å². The second-order valence-corrected chi connectivity index (χ2v) is 5.21. The highest BCUT2D eigenvalue weighted by molar-refractivity contribution is 6.31. The normalized spacial score (nSPS) is 15.0. The highest BCUT2D eigenvalue weighted by atomic mass is 35.5. The lowest BCUT2D eigenvalue weighted by atomic mass is 10.1. The molecule has 0 amide bonds. The largest absolute Gasteiger partial charge is 0.310 e. The van der Waals surface area contributed by atoms with Crippen LogP contribution in [0.25, 0.3) is 11.3 Å². The van der Waals surface area contributed by atoms with Gasteiger partial charge in [-0.25, -0.2) is 0 Å². The third-order valence-electron chi connectivity index (χ3n) is 3.33. The quantitative estimate of drug-likeness (QED) is 0.917. The Balaban J connectivity index is 1.81. The zero-order valence-electron chi connectivity index (χ0n) is 10.4. The molecular weight excluding hydrogens is 246 g/mol. The molecule has 0 unspecified atom stereocenters. The van der Waals surface area contributed by atoms with Crippen molar-refractivity contribution in [3.63, 3.8) is 0 Å². The molecule has 3 nitrogen and oxygen atoms in total. The smallest absolute Gasteiger partial charge is 0.0679 e. The van der Waals surface area contributed by atoms with Crippen LogP contribution < -0.4 is 5.32 Å². The highest BCUT2D eigenvalue weighted by Gasteiger charge is 2.20. The fourth-order valence-corrected chi connectivity index (χ4v) is 2.30. The molecule has 0 spiro atoms. The second kappa shape index (κ2) is 4.75. The third kappa shape index (κ3) is 2.42. The van der Waals surface area contributed by atoms with E-state index in [0.29, 0.717) is 6.04 Å². The number of aryl methyl sites for hydroxylation is 1. The van der Waals surface area contributed by atoms with Crippen molar-refractivity contribution >= 4 is 11.6 Å². The summed E-state index contributed by atoms with van der Waals surface area (Å²) < 4.78 is 1.85. The predicted octanol–water partition coefficient (Wildman–Crippen LogP) is 2.99. The van der Waals surface area contributed by atoms with Crippen molar-refractivity contribution in [2.75, 3.05) is 0 Å². The van der Waals surface area contributed by atoms with Crippen LogP contribution in [0.3, 0.4) is 0 Å². The van der Waals surface area contributed by atoms with Gasteiger partial charge in [0.15, 0.2) is 0 Å². The molecular formula is C14H16ClN3. The summed E-state index contributed by atoms with van der Waals surface area (Å²) in [7, 11) is 1.94. The molecule has 1 fully saturated rings. The zero-order valence-corrected chi connectivity index (χ0v) is 11.1. The topological polar surface area (TPSA) is 29.9 Å². The predicted molar refractivity (Wildman–Crippen MR) is 73.5 cm³/mol. The Hall–Kier alpha value is -1.32. The summed E-state index contributed by atoms with van der Waals surface area (Å²) in [6.45, 7) is 0.856. The Morgan fingerprint density at radius 1 is 1.39 bits per heavy atom. The van der Waals surface area contributed by atoms with E-state index in [1.54, 1.807) is 6.20 Å². The highest BCUT2D eigenvalue weighted by Crippen LogP contribution is 2.26. The first kappa shape index (κ1) is 11.8. The van der Waals surface area contributed by atoms with E-state index in [4.69, 9.17) is 11.6 Å². The summed E-state index contributed by atoms with van der Waals surface area (Å²) in [5, 5.41) is 8.47. The molecule has 1 heterocycles. The molecule has 2 aromatic rings. The zero-order chi connectivity index (χ0) is 12.5. The number of hydrogen-bond acceptors (Lipinski definition) is 2. The lowest BCUT2D eigenvalue weighted by molar-refractivity contribution is 0.688. The molecule has 0 bridgehead atoms. The van der Waals surface area contributed by atoms with E-state index >= 15 is 0 Å². The molecule has 0 aliphatic heterocycles. The van der Waals surface area contributed by atoms with Crippen LogP contribution in [-0.2, 0) is 13.6 Å². The molecule has 1 N–H and O–H groups in total. The van der Waals surface area contributed by atoms with Gasteiger partial charge in [-0.1, -0.05) is 23.7 Å². The summed E-state index contributed by atoms with van der Waals surface area (Å²) in [6, 6.07) is 8.92. The summed E-state index contributed by atoms with van der Waals surface area (Å²) in [4.78, 5) is 0. The minimum atomic E-state index is 0.706. The average Bonchev–Trinajstić information content (AvgIpc) is 3.09. The molecule has 0 saturated heterocycles. The summed E-state index contributed by atoms with van der Waals surface area (Å²) in [5.74, 6) is 0. The van der Waals surface area contributed by atoms with Crippen molar-refractivity contribution in [1.29, 1.82) is 0 Å². The number of rotatable bonds is 4. The van der Waals surface area contributed by atoms with E-state index in [0.717, 1.165) is 28.4 Å². The van der Waals surface area contributed by atoms with Crippen LogP contribution in [0, 0.1) is 0 Å². The first-order chi connectivity index (χ1) is 8.74. The summed E-state index contributed by atoms with van der Waals surface area (Å²) in [5.41, 5.74) is 3.35. The minimum absolute atomic E-state index is 0.706. The van der Waals surface area contributed by atoms with E-state index in [9.17, 15) is 0 Å². The van der Waals surface area contributed by atoms with E-state index < -0.39 is 0 Å². The van der Waals surface area contributed by atoms with Gasteiger partial charge in [0.1, 0.15) is 0 Å². The minimum Gasteiger partial charge on any atom is -0.310 e. The van der Waals surface area contributed by atoms with Crippen LogP contribution >= 0.6 is 11.6 Å². The number of nitrogens with one attached hydrogen (secondary N) is 1. The van der Waals surface area contributed by atoms with Gasteiger partial charge in [0.25, 0.3) is 0 Å². The van der Waals surface area contributed by atoms with E-state index in [1.807, 2.05) is 23.9 Å². The molecule has 4 heteroatoms. The number of halogens is 1. The summed E-state index contributed by atoms with van der Waals surface area (Å²) in [6.07, 6.45) is 4.39. The fourth-order valence-electron chi connectivity index (χ4n) is 2.05. The lowest BCUT2D eigenvalue weighted by Crippen LogP contribution is -2.15. The van der Waals surface area contributed by atoms with Crippen LogP contribution in [0.1, 0.15) is 18.4 Å². The van der Waals surface area contributed by atoms with Crippen LogP contribution in [0.15, 0.2) is 30.5 Å². The maximum atomic E-state index is 6.33. The number of benzene rings is 1. The Morgan fingerprint density at radius 2 is 2.22 bits per heavy atom. The van der Waals surface area contributed by atoms with Gasteiger partial charge in [0.2, 0.25) is 0 Å². The van der Waals surface area contributed by atoms with Crippen molar-refractivity contribution < 1.29 is 0 Å². The van der Waals surface area contributed by atoms with Gasteiger partial charge in [0.05, 0.1) is 5.69 Å². The standard InChI is InChI=1S/C14H16ClN3/c1-18-14(6-7-17-18)10-2-3-11(13(15)8-10)9-16-12-4-5-12/h2-3,6-8,12,16H,4-5,9H2,1H3. The fraction of sp³-hybridized carbons (Fsp3) is 0.357. The maximum Gasteiger partial charge on any atom is 0.0679 e. The maximum absolute atomic E-state index is 6.33. The lowest BCUT2D eigenvalue weighted by Gasteiger charge is -2.08. The first-order valence-corrected chi connectivity index (χ1v) is 6.62. The van der Waals surface area contributed by atoms with Crippen LogP contribution in [0.4, 0.5) is 0 Å². The van der Waals surface area contributed by atoms with Crippen molar-refractivity contribution in [1.82, 2.24) is 15.1 Å². The monoisotopic (exact) mass is 261 g/mol. The SMILES string of the molecule is Cn1nccc1-c1ccc(CNC2CC2)c(Cl)c1. The molecule has 94 valence electrons.